The van der Waals surface area contributed by atoms with E-state index in [0.717, 1.165) is 0 Å². The molecule has 0 saturated heterocycles. The van der Waals surface area contributed by atoms with E-state index in [9.17, 15) is 13.2 Å². The standard InChI is InChI=1S/C13H15NO4S/c1-3-4-5-8-14-19(17,18)11-6-7-12(13(15)16)10(2)9-11/h1,6-7,9,14H,4-5,8H2,2H3,(H,15,16). The lowest BCUT2D eigenvalue weighted by atomic mass is 10.1. The molecule has 1 aromatic carbocycles. The fraction of sp³-hybridized carbons (Fsp3) is 0.308. The third-order valence-electron chi connectivity index (χ3n) is 2.53. The lowest BCUT2D eigenvalue weighted by Gasteiger charge is -2.08. The third kappa shape index (κ3) is 4.09. The average molecular weight is 281 g/mol. The molecule has 0 amide bonds. The number of terminal acetylenes is 1. The van der Waals surface area contributed by atoms with E-state index in [0.29, 0.717) is 18.4 Å². The zero-order chi connectivity index (χ0) is 14.5. The van der Waals surface area contributed by atoms with Gasteiger partial charge in [-0.3, -0.25) is 0 Å². The minimum absolute atomic E-state index is 0.0516. The van der Waals surface area contributed by atoms with Gasteiger partial charge in [-0.2, -0.15) is 0 Å². The van der Waals surface area contributed by atoms with Crippen molar-refractivity contribution in [2.24, 2.45) is 0 Å². The summed E-state index contributed by atoms with van der Waals surface area (Å²) in [7, 11) is -3.62. The van der Waals surface area contributed by atoms with Gasteiger partial charge in [-0.25, -0.2) is 17.9 Å². The van der Waals surface area contributed by atoms with Gasteiger partial charge in [0.25, 0.3) is 0 Å². The summed E-state index contributed by atoms with van der Waals surface area (Å²) in [6, 6.07) is 3.90. The summed E-state index contributed by atoms with van der Waals surface area (Å²) in [6.45, 7) is 1.81. The number of carboxylic acid groups (broad SMARTS) is 1. The molecule has 0 bridgehead atoms. The highest BCUT2D eigenvalue weighted by atomic mass is 32.2. The molecule has 0 spiro atoms. The summed E-state index contributed by atoms with van der Waals surface area (Å²) in [5, 5.41) is 8.88. The number of benzene rings is 1. The van der Waals surface area contributed by atoms with E-state index in [1.165, 1.54) is 18.2 Å². The van der Waals surface area contributed by atoms with Crippen molar-refractivity contribution >= 4 is 16.0 Å². The summed E-state index contributed by atoms with van der Waals surface area (Å²) in [5.74, 6) is 1.34. The maximum absolute atomic E-state index is 11.9. The molecule has 0 saturated carbocycles. The van der Waals surface area contributed by atoms with Gasteiger partial charge in [-0.05, 0) is 37.1 Å². The Morgan fingerprint density at radius 3 is 2.68 bits per heavy atom. The molecule has 102 valence electrons. The molecule has 5 nitrogen and oxygen atoms in total. The summed E-state index contributed by atoms with van der Waals surface area (Å²) >= 11 is 0. The average Bonchev–Trinajstić information content (AvgIpc) is 2.34. The van der Waals surface area contributed by atoms with Crippen molar-refractivity contribution in [3.05, 3.63) is 29.3 Å². The Hall–Kier alpha value is -1.84. The Kier molecular flexibility index (Phi) is 5.10. The molecule has 0 atom stereocenters. The molecule has 1 aromatic rings. The monoisotopic (exact) mass is 281 g/mol. The number of hydrogen-bond donors (Lipinski definition) is 2. The molecule has 1 rings (SSSR count). The van der Waals surface area contributed by atoms with Crippen LogP contribution in [0.4, 0.5) is 0 Å². The lowest BCUT2D eigenvalue weighted by Crippen LogP contribution is -2.25. The first-order chi connectivity index (χ1) is 8.88. The number of nitrogens with one attached hydrogen (secondary N) is 1. The SMILES string of the molecule is C#CCCCNS(=O)(=O)c1ccc(C(=O)O)c(C)c1. The van der Waals surface area contributed by atoms with Crippen LogP contribution >= 0.6 is 0 Å². The van der Waals surface area contributed by atoms with Gasteiger partial charge in [0.1, 0.15) is 0 Å². The van der Waals surface area contributed by atoms with E-state index >= 15 is 0 Å². The summed E-state index contributed by atoms with van der Waals surface area (Å²) in [4.78, 5) is 10.9. The van der Waals surface area contributed by atoms with E-state index in [1.54, 1.807) is 6.92 Å². The number of aromatic carboxylic acids is 1. The van der Waals surface area contributed by atoms with Crippen LogP contribution in [0.1, 0.15) is 28.8 Å². The zero-order valence-electron chi connectivity index (χ0n) is 10.5. The molecular formula is C13H15NO4S. The number of carboxylic acids is 1. The highest BCUT2D eigenvalue weighted by Gasteiger charge is 2.16. The van der Waals surface area contributed by atoms with Crippen LogP contribution in [0.3, 0.4) is 0 Å². The van der Waals surface area contributed by atoms with Gasteiger partial charge < -0.3 is 5.11 Å². The second kappa shape index (κ2) is 6.36. The molecule has 6 heteroatoms. The van der Waals surface area contributed by atoms with Gasteiger partial charge in [0.05, 0.1) is 10.5 Å². The molecule has 19 heavy (non-hydrogen) atoms. The van der Waals surface area contributed by atoms with Gasteiger partial charge in [0.2, 0.25) is 10.0 Å². The van der Waals surface area contributed by atoms with E-state index in [2.05, 4.69) is 10.6 Å². The van der Waals surface area contributed by atoms with Gasteiger partial charge in [-0.15, -0.1) is 12.3 Å². The van der Waals surface area contributed by atoms with Crippen LogP contribution in [0.2, 0.25) is 0 Å². The largest absolute Gasteiger partial charge is 0.478 e. The topological polar surface area (TPSA) is 83.5 Å². The molecule has 0 aliphatic heterocycles. The molecule has 0 aliphatic carbocycles. The summed E-state index contributed by atoms with van der Waals surface area (Å²) < 4.78 is 26.3. The quantitative estimate of drug-likeness (QED) is 0.609. The Balaban J connectivity index is 2.88. The number of carbonyl (C=O) groups is 1. The molecule has 0 heterocycles. The molecule has 0 radical (unpaired) electrons. The smallest absolute Gasteiger partial charge is 0.335 e. The third-order valence-corrected chi connectivity index (χ3v) is 3.99. The van der Waals surface area contributed by atoms with Crippen molar-refractivity contribution in [1.29, 1.82) is 0 Å². The van der Waals surface area contributed by atoms with Crippen LogP contribution in [0.5, 0.6) is 0 Å². The van der Waals surface area contributed by atoms with Crippen LogP contribution in [0.15, 0.2) is 23.1 Å². The minimum Gasteiger partial charge on any atom is -0.478 e. The van der Waals surface area contributed by atoms with E-state index in [-0.39, 0.29) is 17.0 Å². The minimum atomic E-state index is -3.62. The van der Waals surface area contributed by atoms with Gasteiger partial charge >= 0.3 is 5.97 Å². The normalized spacial score (nSPS) is 10.9. The first-order valence-electron chi connectivity index (χ1n) is 5.65. The van der Waals surface area contributed by atoms with Crippen LogP contribution in [-0.2, 0) is 10.0 Å². The van der Waals surface area contributed by atoms with Gasteiger partial charge in [0, 0.05) is 13.0 Å². The zero-order valence-corrected chi connectivity index (χ0v) is 11.3. The molecule has 0 aliphatic rings. The first-order valence-corrected chi connectivity index (χ1v) is 7.14. The van der Waals surface area contributed by atoms with Gasteiger partial charge in [-0.1, -0.05) is 0 Å². The summed E-state index contributed by atoms with van der Waals surface area (Å²) in [5.41, 5.74) is 0.491. The fourth-order valence-electron chi connectivity index (χ4n) is 1.52. The Labute approximate surface area is 112 Å². The van der Waals surface area contributed by atoms with E-state index in [1.807, 2.05) is 0 Å². The molecule has 0 fully saturated rings. The van der Waals surface area contributed by atoms with E-state index < -0.39 is 16.0 Å². The first kappa shape index (κ1) is 15.2. The number of unbranched alkanes of at least 4 members (excludes halogenated alkanes) is 1. The van der Waals surface area contributed by atoms with Crippen LogP contribution in [0.25, 0.3) is 0 Å². The van der Waals surface area contributed by atoms with Crippen molar-refractivity contribution in [2.45, 2.75) is 24.7 Å². The maximum atomic E-state index is 11.9. The predicted molar refractivity (Wildman–Crippen MR) is 71.4 cm³/mol. The predicted octanol–water partition coefficient (Wildman–Crippen LogP) is 1.38. The van der Waals surface area contributed by atoms with Crippen molar-refractivity contribution in [3.63, 3.8) is 0 Å². The Morgan fingerprint density at radius 1 is 1.47 bits per heavy atom. The maximum Gasteiger partial charge on any atom is 0.335 e. The highest BCUT2D eigenvalue weighted by Crippen LogP contribution is 2.15. The van der Waals surface area contributed by atoms with E-state index in [4.69, 9.17) is 11.5 Å². The van der Waals surface area contributed by atoms with Crippen LogP contribution in [0, 0.1) is 19.3 Å². The van der Waals surface area contributed by atoms with Crippen molar-refractivity contribution in [2.75, 3.05) is 6.54 Å². The number of hydrogen-bond acceptors (Lipinski definition) is 3. The highest BCUT2D eigenvalue weighted by molar-refractivity contribution is 7.89. The number of sulfonamides is 1. The molecule has 2 N–H and O–H groups in total. The second-order valence-electron chi connectivity index (χ2n) is 3.99. The Bertz CT molecular complexity index is 614. The van der Waals surface area contributed by atoms with Crippen LogP contribution in [-0.4, -0.2) is 26.0 Å². The molecule has 0 unspecified atom stereocenters. The second-order valence-corrected chi connectivity index (χ2v) is 5.75. The van der Waals surface area contributed by atoms with Crippen molar-refractivity contribution < 1.29 is 18.3 Å². The fourth-order valence-corrected chi connectivity index (χ4v) is 2.68. The summed E-state index contributed by atoms with van der Waals surface area (Å²) in [6.07, 6.45) is 6.13. The van der Waals surface area contributed by atoms with Gasteiger partial charge in [0.15, 0.2) is 0 Å². The lowest BCUT2D eigenvalue weighted by molar-refractivity contribution is 0.0696. The Morgan fingerprint density at radius 2 is 2.16 bits per heavy atom. The van der Waals surface area contributed by atoms with Crippen molar-refractivity contribution in [3.8, 4) is 12.3 Å². The van der Waals surface area contributed by atoms with Crippen LogP contribution < -0.4 is 4.72 Å². The number of aryl methyl sites for hydroxylation is 1. The molecular weight excluding hydrogens is 266 g/mol. The molecule has 0 aromatic heterocycles. The number of rotatable bonds is 6. The van der Waals surface area contributed by atoms with Crippen molar-refractivity contribution in [1.82, 2.24) is 4.72 Å².